The third-order valence-corrected chi connectivity index (χ3v) is 4.96. The standard InChI is InChI=1S/C21H25N7O/c1-4-19(29)28-11-5-6-17(13-28)25-20-26-18(12-23-27-20)24-16-9-7-15(8-10-16)21(2,3)14-22/h4,7-10,12,17H,1,5-6,11,13H2,2-3H3,(H2,24,25,26,27). The Balaban J connectivity index is 1.65. The average Bonchev–Trinajstić information content (AvgIpc) is 2.74. The van der Waals surface area contributed by atoms with Gasteiger partial charge in [0.15, 0.2) is 5.82 Å². The second-order valence-corrected chi connectivity index (χ2v) is 7.58. The maximum Gasteiger partial charge on any atom is 0.246 e. The fourth-order valence-electron chi connectivity index (χ4n) is 3.21. The zero-order valence-corrected chi connectivity index (χ0v) is 16.7. The molecule has 1 aromatic carbocycles. The van der Waals surface area contributed by atoms with Gasteiger partial charge in [0.1, 0.15) is 0 Å². The fourth-order valence-corrected chi connectivity index (χ4v) is 3.21. The topological polar surface area (TPSA) is 107 Å². The first-order chi connectivity index (χ1) is 13.9. The van der Waals surface area contributed by atoms with Crippen LogP contribution in [0.1, 0.15) is 32.3 Å². The van der Waals surface area contributed by atoms with E-state index in [0.717, 1.165) is 30.6 Å². The first kappa shape index (κ1) is 20.3. The molecule has 2 N–H and O–H groups in total. The van der Waals surface area contributed by atoms with E-state index in [1.54, 1.807) is 11.1 Å². The summed E-state index contributed by atoms with van der Waals surface area (Å²) in [6.07, 6.45) is 4.73. The molecule has 1 aliphatic heterocycles. The Labute approximate surface area is 170 Å². The van der Waals surface area contributed by atoms with E-state index in [9.17, 15) is 10.1 Å². The number of anilines is 3. The number of carbonyl (C=O) groups is 1. The van der Waals surface area contributed by atoms with Gasteiger partial charge in [-0.2, -0.15) is 15.3 Å². The summed E-state index contributed by atoms with van der Waals surface area (Å²) in [5.74, 6) is 0.911. The van der Waals surface area contributed by atoms with Crippen LogP contribution in [0.2, 0.25) is 0 Å². The van der Waals surface area contributed by atoms with Crippen LogP contribution < -0.4 is 10.6 Å². The highest BCUT2D eigenvalue weighted by Gasteiger charge is 2.23. The number of hydrogen-bond acceptors (Lipinski definition) is 7. The predicted molar refractivity (Wildman–Crippen MR) is 112 cm³/mol. The molecule has 0 aliphatic carbocycles. The van der Waals surface area contributed by atoms with Gasteiger partial charge < -0.3 is 15.5 Å². The third-order valence-electron chi connectivity index (χ3n) is 4.96. The van der Waals surface area contributed by atoms with Crippen LogP contribution in [-0.2, 0) is 10.2 Å². The number of rotatable bonds is 6. The van der Waals surface area contributed by atoms with Crippen molar-refractivity contribution in [3.63, 3.8) is 0 Å². The van der Waals surface area contributed by atoms with Crippen molar-refractivity contribution in [2.45, 2.75) is 38.1 Å². The van der Waals surface area contributed by atoms with Crippen molar-refractivity contribution in [3.05, 3.63) is 48.7 Å². The van der Waals surface area contributed by atoms with Crippen molar-refractivity contribution >= 4 is 23.4 Å². The molecule has 0 saturated carbocycles. The lowest BCUT2D eigenvalue weighted by molar-refractivity contribution is -0.127. The molecule has 2 aromatic rings. The van der Waals surface area contributed by atoms with Crippen LogP contribution in [0.4, 0.5) is 17.5 Å². The summed E-state index contributed by atoms with van der Waals surface area (Å²) < 4.78 is 0. The van der Waals surface area contributed by atoms with E-state index < -0.39 is 5.41 Å². The van der Waals surface area contributed by atoms with Gasteiger partial charge in [0.25, 0.3) is 0 Å². The number of nitrogens with zero attached hydrogens (tertiary/aromatic N) is 5. The number of aromatic nitrogens is 3. The number of nitrogens with one attached hydrogen (secondary N) is 2. The summed E-state index contributed by atoms with van der Waals surface area (Å²) in [5.41, 5.74) is 1.26. The maximum atomic E-state index is 11.8. The van der Waals surface area contributed by atoms with Gasteiger partial charge in [0.2, 0.25) is 11.9 Å². The van der Waals surface area contributed by atoms with Gasteiger partial charge in [-0.15, -0.1) is 5.10 Å². The van der Waals surface area contributed by atoms with Crippen LogP contribution in [0.5, 0.6) is 0 Å². The average molecular weight is 391 g/mol. The molecule has 2 heterocycles. The Morgan fingerprint density at radius 1 is 1.38 bits per heavy atom. The van der Waals surface area contributed by atoms with Gasteiger partial charge in [-0.1, -0.05) is 18.7 Å². The Morgan fingerprint density at radius 3 is 2.83 bits per heavy atom. The van der Waals surface area contributed by atoms with Crippen LogP contribution in [0.3, 0.4) is 0 Å². The maximum absolute atomic E-state index is 11.8. The van der Waals surface area contributed by atoms with Crippen molar-refractivity contribution < 1.29 is 4.79 Å². The summed E-state index contributed by atoms with van der Waals surface area (Å²) in [5, 5.41) is 23.8. The molecule has 3 rings (SSSR count). The summed E-state index contributed by atoms with van der Waals surface area (Å²) in [6, 6.07) is 10.0. The fraction of sp³-hybridized carbons (Fsp3) is 0.381. The molecule has 1 aromatic heterocycles. The summed E-state index contributed by atoms with van der Waals surface area (Å²) in [7, 11) is 0. The van der Waals surface area contributed by atoms with Crippen molar-refractivity contribution in [1.29, 1.82) is 5.26 Å². The van der Waals surface area contributed by atoms with Crippen LogP contribution in [-0.4, -0.2) is 45.1 Å². The lowest BCUT2D eigenvalue weighted by atomic mass is 9.86. The van der Waals surface area contributed by atoms with Crippen LogP contribution in [0.15, 0.2) is 43.1 Å². The highest BCUT2D eigenvalue weighted by Crippen LogP contribution is 2.24. The number of likely N-dealkylation sites (tertiary alicyclic amines) is 1. The Hall–Kier alpha value is -3.47. The lowest BCUT2D eigenvalue weighted by Gasteiger charge is -2.32. The molecular formula is C21H25N7O. The first-order valence-electron chi connectivity index (χ1n) is 9.57. The molecule has 8 nitrogen and oxygen atoms in total. The minimum absolute atomic E-state index is 0.0611. The molecule has 1 atom stereocenters. The number of piperidine rings is 1. The van der Waals surface area contributed by atoms with Crippen LogP contribution in [0.25, 0.3) is 0 Å². The molecule has 0 bridgehead atoms. The Bertz CT molecular complexity index is 917. The summed E-state index contributed by atoms with van der Waals surface area (Å²) in [4.78, 5) is 18.1. The van der Waals surface area contributed by atoms with Gasteiger partial charge in [-0.05, 0) is 50.5 Å². The molecular weight excluding hydrogens is 366 g/mol. The molecule has 0 spiro atoms. The van der Waals surface area contributed by atoms with Gasteiger partial charge in [0, 0.05) is 24.8 Å². The molecule has 1 aliphatic rings. The molecule has 1 unspecified atom stereocenters. The van der Waals surface area contributed by atoms with Crippen LogP contribution in [0, 0.1) is 11.3 Å². The minimum Gasteiger partial charge on any atom is -0.348 e. The van der Waals surface area contributed by atoms with Crippen molar-refractivity contribution in [2.75, 3.05) is 23.7 Å². The molecule has 1 saturated heterocycles. The van der Waals surface area contributed by atoms with E-state index >= 15 is 0 Å². The van der Waals surface area contributed by atoms with E-state index in [1.165, 1.54) is 6.08 Å². The van der Waals surface area contributed by atoms with Crippen molar-refractivity contribution in [1.82, 2.24) is 20.1 Å². The molecule has 1 fully saturated rings. The highest BCUT2D eigenvalue weighted by atomic mass is 16.2. The van der Waals surface area contributed by atoms with E-state index in [0.29, 0.717) is 18.3 Å². The second kappa shape index (κ2) is 8.69. The van der Waals surface area contributed by atoms with Gasteiger partial charge >= 0.3 is 0 Å². The normalized spacial score (nSPS) is 16.6. The van der Waals surface area contributed by atoms with E-state index in [-0.39, 0.29) is 11.9 Å². The molecule has 150 valence electrons. The number of amides is 1. The Morgan fingerprint density at radius 2 is 2.14 bits per heavy atom. The zero-order chi connectivity index (χ0) is 20.9. The molecule has 29 heavy (non-hydrogen) atoms. The van der Waals surface area contributed by atoms with E-state index in [4.69, 9.17) is 0 Å². The van der Waals surface area contributed by atoms with Gasteiger partial charge in [-0.3, -0.25) is 4.79 Å². The predicted octanol–water partition coefficient (Wildman–Crippen LogP) is 3.01. The zero-order valence-electron chi connectivity index (χ0n) is 16.7. The number of nitriles is 1. The van der Waals surface area contributed by atoms with E-state index in [1.807, 2.05) is 38.1 Å². The molecule has 1 amide bonds. The van der Waals surface area contributed by atoms with Crippen molar-refractivity contribution in [3.8, 4) is 6.07 Å². The SMILES string of the molecule is C=CC(=O)N1CCCC(Nc2nncc(Nc3ccc(C(C)(C)C#N)cc3)n2)C1. The summed E-state index contributed by atoms with van der Waals surface area (Å²) in [6.45, 7) is 8.64. The number of benzene rings is 1. The summed E-state index contributed by atoms with van der Waals surface area (Å²) >= 11 is 0. The Kier molecular flexibility index (Phi) is 6.07. The monoisotopic (exact) mass is 391 g/mol. The number of carbonyl (C=O) groups excluding carboxylic acids is 1. The minimum atomic E-state index is -0.535. The van der Waals surface area contributed by atoms with Crippen molar-refractivity contribution in [2.24, 2.45) is 0 Å². The number of hydrogen-bond donors (Lipinski definition) is 2. The molecule has 0 radical (unpaired) electrons. The van der Waals surface area contributed by atoms with Crippen LogP contribution >= 0.6 is 0 Å². The largest absolute Gasteiger partial charge is 0.348 e. The quantitative estimate of drug-likeness (QED) is 0.729. The smallest absolute Gasteiger partial charge is 0.246 e. The lowest BCUT2D eigenvalue weighted by Crippen LogP contribution is -2.44. The first-order valence-corrected chi connectivity index (χ1v) is 9.57. The second-order valence-electron chi connectivity index (χ2n) is 7.58. The van der Waals surface area contributed by atoms with E-state index in [2.05, 4.69) is 38.5 Å². The van der Waals surface area contributed by atoms with Gasteiger partial charge in [-0.25, -0.2) is 0 Å². The third kappa shape index (κ3) is 5.08. The molecule has 8 heteroatoms. The van der Waals surface area contributed by atoms with Gasteiger partial charge in [0.05, 0.1) is 17.7 Å². The highest BCUT2D eigenvalue weighted by molar-refractivity contribution is 5.87.